The van der Waals surface area contributed by atoms with Gasteiger partial charge in [0.25, 0.3) is 5.91 Å². The lowest BCUT2D eigenvalue weighted by Crippen LogP contribution is -2.61. The molecule has 0 aliphatic heterocycles. The number of carbonyl (C=O) groups excluding carboxylic acids is 1. The zero-order valence-corrected chi connectivity index (χ0v) is 13.0. The summed E-state index contributed by atoms with van der Waals surface area (Å²) in [4.78, 5) is 12.6. The maximum absolute atomic E-state index is 12.6. The van der Waals surface area contributed by atoms with Crippen molar-refractivity contribution in [2.24, 2.45) is 17.8 Å². The first kappa shape index (κ1) is 14.8. The molecule has 4 fully saturated rings. The van der Waals surface area contributed by atoms with Crippen LogP contribution >= 0.6 is 0 Å². The molecule has 116 valence electrons. The van der Waals surface area contributed by atoms with Crippen LogP contribution in [0.15, 0.2) is 18.2 Å². The summed E-state index contributed by atoms with van der Waals surface area (Å²) in [5, 5.41) is 23.0. The van der Waals surface area contributed by atoms with Crippen LogP contribution < -0.4 is 10.8 Å². The minimum Gasteiger partial charge on any atom is -0.390 e. The molecule has 0 spiro atoms. The van der Waals surface area contributed by atoms with Crippen molar-refractivity contribution in [3.63, 3.8) is 0 Å². The highest BCUT2D eigenvalue weighted by molar-refractivity contribution is 6.32. The van der Waals surface area contributed by atoms with Gasteiger partial charge in [-0.1, -0.05) is 17.6 Å². The van der Waals surface area contributed by atoms with E-state index in [0.717, 1.165) is 32.1 Å². The monoisotopic (exact) mass is 306 g/mol. The van der Waals surface area contributed by atoms with E-state index in [4.69, 9.17) is 7.85 Å². The van der Waals surface area contributed by atoms with E-state index >= 15 is 0 Å². The molecule has 1 amide bonds. The molecule has 4 aliphatic rings. The van der Waals surface area contributed by atoms with E-state index in [1.807, 2.05) is 6.07 Å². The maximum atomic E-state index is 12.6. The molecule has 4 nitrogen and oxygen atoms in total. The number of nitriles is 1. The highest BCUT2D eigenvalue weighted by atomic mass is 16.3. The summed E-state index contributed by atoms with van der Waals surface area (Å²) in [7, 11) is 5.69. The van der Waals surface area contributed by atoms with E-state index in [1.54, 1.807) is 12.1 Å². The van der Waals surface area contributed by atoms with E-state index < -0.39 is 5.60 Å². The molecular formula is C18H19BN2O2. The molecule has 0 saturated heterocycles. The normalized spacial score (nSPS) is 37.4. The Kier molecular flexibility index (Phi) is 3.28. The Balaban J connectivity index is 1.55. The van der Waals surface area contributed by atoms with Crippen molar-refractivity contribution in [1.29, 1.82) is 5.26 Å². The molecule has 4 bridgehead atoms. The largest absolute Gasteiger partial charge is 0.390 e. The highest BCUT2D eigenvalue weighted by Gasteiger charge is 2.55. The van der Waals surface area contributed by atoms with Crippen molar-refractivity contribution in [2.45, 2.75) is 43.7 Å². The number of hydrogen-bond donors (Lipinski definition) is 2. The predicted octanol–water partition coefficient (Wildman–Crippen LogP) is 1.02. The van der Waals surface area contributed by atoms with Crippen molar-refractivity contribution in [2.75, 3.05) is 0 Å². The Morgan fingerprint density at radius 2 is 2.00 bits per heavy atom. The fraction of sp³-hybridized carbons (Fsp3) is 0.556. The lowest BCUT2D eigenvalue weighted by atomic mass is 9.52. The van der Waals surface area contributed by atoms with Crippen molar-refractivity contribution >= 4 is 19.2 Å². The first-order valence-electron chi connectivity index (χ1n) is 8.30. The lowest BCUT2D eigenvalue weighted by molar-refractivity contribution is -0.136. The topological polar surface area (TPSA) is 73.1 Å². The van der Waals surface area contributed by atoms with Gasteiger partial charge in [0, 0.05) is 6.04 Å². The van der Waals surface area contributed by atoms with Crippen LogP contribution in [0.4, 0.5) is 0 Å². The third kappa shape index (κ3) is 2.46. The van der Waals surface area contributed by atoms with Gasteiger partial charge in [0.2, 0.25) is 0 Å². The average Bonchev–Trinajstić information content (AvgIpc) is 2.48. The van der Waals surface area contributed by atoms with Crippen LogP contribution in [0.3, 0.4) is 0 Å². The fourth-order valence-electron chi connectivity index (χ4n) is 5.30. The number of nitrogens with one attached hydrogen (secondary N) is 1. The second-order valence-corrected chi connectivity index (χ2v) is 7.61. The van der Waals surface area contributed by atoms with Gasteiger partial charge in [-0.15, -0.1) is 0 Å². The van der Waals surface area contributed by atoms with Gasteiger partial charge in [-0.2, -0.15) is 5.26 Å². The second-order valence-electron chi connectivity index (χ2n) is 7.61. The minimum atomic E-state index is -0.503. The molecule has 1 aromatic carbocycles. The summed E-state index contributed by atoms with van der Waals surface area (Å²) in [5.74, 6) is 1.12. The molecule has 4 saturated carbocycles. The van der Waals surface area contributed by atoms with Crippen molar-refractivity contribution in [3.8, 4) is 6.07 Å². The number of benzene rings is 1. The van der Waals surface area contributed by atoms with Crippen LogP contribution in [0.25, 0.3) is 0 Å². The standard InChI is InChI=1S/C18H19BN2O2/c19-14-1-2-15(13(5-14)9-20)17(22)21-16-11-3-10-4-12(16)8-18(23,6-10)7-11/h1-2,5,10-12,16,23H,3-4,6-8H2,(H,21,22). The molecule has 5 rings (SSSR count). The summed E-state index contributed by atoms with van der Waals surface area (Å²) in [6.07, 6.45) is 4.69. The van der Waals surface area contributed by atoms with Gasteiger partial charge in [0.05, 0.1) is 22.8 Å². The second kappa shape index (κ2) is 5.11. The highest BCUT2D eigenvalue weighted by Crippen LogP contribution is 2.55. The van der Waals surface area contributed by atoms with Crippen LogP contribution in [0, 0.1) is 29.1 Å². The van der Waals surface area contributed by atoms with E-state index in [0.29, 0.717) is 34.3 Å². The van der Waals surface area contributed by atoms with Crippen LogP contribution in [0.2, 0.25) is 0 Å². The Labute approximate surface area is 137 Å². The fourth-order valence-corrected chi connectivity index (χ4v) is 5.30. The lowest BCUT2D eigenvalue weighted by Gasteiger charge is -2.58. The predicted molar refractivity (Wildman–Crippen MR) is 86.3 cm³/mol. The molecule has 1 aromatic rings. The third-order valence-electron chi connectivity index (χ3n) is 5.95. The molecule has 5 heteroatoms. The Morgan fingerprint density at radius 1 is 1.30 bits per heavy atom. The quantitative estimate of drug-likeness (QED) is 0.801. The SMILES string of the molecule is [B]c1ccc(C(=O)NC2C3CC4CC2CC(O)(C4)C3)c(C#N)c1. The van der Waals surface area contributed by atoms with Gasteiger partial charge >= 0.3 is 0 Å². The zero-order chi connectivity index (χ0) is 16.2. The van der Waals surface area contributed by atoms with Crippen LogP contribution in [-0.4, -0.2) is 30.5 Å². The molecule has 23 heavy (non-hydrogen) atoms. The minimum absolute atomic E-state index is 0.114. The molecule has 2 atom stereocenters. The zero-order valence-electron chi connectivity index (χ0n) is 13.0. The number of rotatable bonds is 2. The van der Waals surface area contributed by atoms with Gasteiger partial charge in [0.1, 0.15) is 7.85 Å². The molecule has 2 unspecified atom stereocenters. The van der Waals surface area contributed by atoms with E-state index in [2.05, 4.69) is 5.32 Å². The smallest absolute Gasteiger partial charge is 0.252 e. The van der Waals surface area contributed by atoms with Crippen LogP contribution in [0.1, 0.15) is 48.0 Å². The summed E-state index contributed by atoms with van der Waals surface area (Å²) in [6.45, 7) is 0. The van der Waals surface area contributed by atoms with Gasteiger partial charge in [-0.3, -0.25) is 4.79 Å². The summed E-state index contributed by atoms with van der Waals surface area (Å²) < 4.78 is 0. The Bertz CT molecular complexity index is 695. The van der Waals surface area contributed by atoms with Gasteiger partial charge < -0.3 is 10.4 Å². The van der Waals surface area contributed by atoms with Crippen molar-refractivity contribution in [3.05, 3.63) is 29.3 Å². The first-order valence-corrected chi connectivity index (χ1v) is 8.30. The number of amides is 1. The van der Waals surface area contributed by atoms with E-state index in [9.17, 15) is 15.2 Å². The van der Waals surface area contributed by atoms with E-state index in [-0.39, 0.29) is 11.9 Å². The van der Waals surface area contributed by atoms with Gasteiger partial charge in [-0.05, 0) is 55.9 Å². The third-order valence-corrected chi connectivity index (χ3v) is 5.95. The Morgan fingerprint density at radius 3 is 2.61 bits per heavy atom. The summed E-state index contributed by atoms with van der Waals surface area (Å²) >= 11 is 0. The summed E-state index contributed by atoms with van der Waals surface area (Å²) in [5.41, 5.74) is 0.672. The van der Waals surface area contributed by atoms with Crippen LogP contribution in [-0.2, 0) is 0 Å². The first-order chi connectivity index (χ1) is 11.0. The maximum Gasteiger partial charge on any atom is 0.252 e. The van der Waals surface area contributed by atoms with Crippen molar-refractivity contribution in [1.82, 2.24) is 5.32 Å². The van der Waals surface area contributed by atoms with Gasteiger partial charge in [-0.25, -0.2) is 0 Å². The molecule has 2 N–H and O–H groups in total. The number of hydrogen-bond acceptors (Lipinski definition) is 3. The Hall–Kier alpha value is -1.80. The van der Waals surface area contributed by atoms with Crippen molar-refractivity contribution < 1.29 is 9.90 Å². The van der Waals surface area contributed by atoms with Crippen LogP contribution in [0.5, 0.6) is 0 Å². The molecule has 0 aromatic heterocycles. The van der Waals surface area contributed by atoms with E-state index in [1.165, 1.54) is 6.07 Å². The number of carbonyl (C=O) groups is 1. The molecular weight excluding hydrogens is 287 g/mol. The summed E-state index contributed by atoms with van der Waals surface area (Å²) in [6, 6.07) is 6.96. The average molecular weight is 306 g/mol. The molecule has 0 heterocycles. The molecule has 2 radical (unpaired) electrons. The molecule has 4 aliphatic carbocycles. The number of nitrogens with zero attached hydrogens (tertiary/aromatic N) is 1. The van der Waals surface area contributed by atoms with Gasteiger partial charge in [0.15, 0.2) is 0 Å². The number of aliphatic hydroxyl groups is 1.